The van der Waals surface area contributed by atoms with Crippen molar-refractivity contribution in [3.05, 3.63) is 70.9 Å². The summed E-state index contributed by atoms with van der Waals surface area (Å²) >= 11 is 9.26. The summed E-state index contributed by atoms with van der Waals surface area (Å²) in [6, 6.07) is 18.1. The first-order valence-electron chi connectivity index (χ1n) is 8.41. The van der Waals surface area contributed by atoms with Crippen LogP contribution in [0.25, 0.3) is 21.3 Å². The highest BCUT2D eigenvalue weighted by Gasteiger charge is 2.18. The number of thiazole rings is 1. The summed E-state index contributed by atoms with van der Waals surface area (Å²) in [5.74, 6) is 1.67. The number of hydrogen-bond donors (Lipinski definition) is 0. The van der Waals surface area contributed by atoms with Gasteiger partial charge in [0.05, 0.1) is 10.6 Å². The fraction of sp³-hybridized carbons (Fsp3) is 0.150. The Hall–Kier alpha value is -2.15. The Bertz CT molecular complexity index is 1060. The van der Waals surface area contributed by atoms with Gasteiger partial charge in [-0.3, -0.25) is 0 Å². The monoisotopic (exact) mass is 412 g/mol. The van der Waals surface area contributed by atoms with Gasteiger partial charge in [-0.1, -0.05) is 65.8 Å². The quantitative estimate of drug-likeness (QED) is 0.385. The van der Waals surface area contributed by atoms with Crippen LogP contribution in [0, 0.1) is 6.92 Å². The van der Waals surface area contributed by atoms with E-state index in [9.17, 15) is 0 Å². The molecule has 0 saturated heterocycles. The fourth-order valence-electron chi connectivity index (χ4n) is 2.67. The van der Waals surface area contributed by atoms with Crippen molar-refractivity contribution in [1.82, 2.24) is 19.7 Å². The van der Waals surface area contributed by atoms with Crippen LogP contribution < -0.4 is 0 Å². The highest BCUT2D eigenvalue weighted by atomic mass is 35.5. The van der Waals surface area contributed by atoms with Crippen LogP contribution in [-0.2, 0) is 12.8 Å². The zero-order valence-corrected chi connectivity index (χ0v) is 17.3. The second-order valence-electron chi connectivity index (χ2n) is 6.08. The Morgan fingerprint density at radius 1 is 1.04 bits per heavy atom. The summed E-state index contributed by atoms with van der Waals surface area (Å²) in [4.78, 5) is 5.79. The third-order valence-electron chi connectivity index (χ3n) is 4.14. The first kappa shape index (κ1) is 18.2. The normalized spacial score (nSPS) is 11.1. The molecule has 0 aliphatic carbocycles. The first-order chi connectivity index (χ1) is 13.1. The van der Waals surface area contributed by atoms with Gasteiger partial charge >= 0.3 is 0 Å². The largest absolute Gasteiger partial charge is 0.304 e. The number of halogens is 1. The molecule has 0 radical (unpaired) electrons. The van der Waals surface area contributed by atoms with Gasteiger partial charge in [-0.25, -0.2) is 4.98 Å². The summed E-state index contributed by atoms with van der Waals surface area (Å²) < 4.78 is 2.04. The van der Waals surface area contributed by atoms with Gasteiger partial charge in [-0.15, -0.1) is 21.5 Å². The van der Waals surface area contributed by atoms with Gasteiger partial charge < -0.3 is 4.57 Å². The van der Waals surface area contributed by atoms with E-state index in [1.807, 2.05) is 61.0 Å². The molecule has 4 rings (SSSR count). The molecule has 7 heteroatoms. The molecule has 136 valence electrons. The summed E-state index contributed by atoms with van der Waals surface area (Å²) in [6.45, 7) is 2.02. The molecule has 0 saturated carbocycles. The zero-order valence-electron chi connectivity index (χ0n) is 14.9. The molecule has 0 fully saturated rings. The molecule has 2 heterocycles. The van der Waals surface area contributed by atoms with Crippen molar-refractivity contribution in [3.63, 3.8) is 0 Å². The van der Waals surface area contributed by atoms with E-state index in [-0.39, 0.29) is 0 Å². The predicted octanol–water partition coefficient (Wildman–Crippen LogP) is 5.86. The van der Waals surface area contributed by atoms with Crippen LogP contribution in [0.15, 0.2) is 59.8 Å². The van der Waals surface area contributed by atoms with Crippen LogP contribution in [0.4, 0.5) is 0 Å². The van der Waals surface area contributed by atoms with E-state index in [1.165, 1.54) is 5.56 Å². The number of aryl methyl sites for hydroxylation is 1. The number of benzene rings is 2. The number of aromatic nitrogens is 4. The molecule has 0 amide bonds. The van der Waals surface area contributed by atoms with Crippen molar-refractivity contribution in [1.29, 1.82) is 0 Å². The molecular formula is C20H17ClN4S2. The van der Waals surface area contributed by atoms with E-state index in [1.54, 1.807) is 23.1 Å². The van der Waals surface area contributed by atoms with Crippen molar-refractivity contribution in [2.45, 2.75) is 17.8 Å². The van der Waals surface area contributed by atoms with Gasteiger partial charge in [0, 0.05) is 23.4 Å². The fourth-order valence-corrected chi connectivity index (χ4v) is 4.76. The maximum absolute atomic E-state index is 5.95. The third kappa shape index (κ3) is 3.93. The molecule has 0 aliphatic rings. The molecule has 0 bridgehead atoms. The van der Waals surface area contributed by atoms with Crippen LogP contribution in [0.3, 0.4) is 0 Å². The van der Waals surface area contributed by atoms with Gasteiger partial charge in [-0.2, -0.15) is 0 Å². The average Bonchev–Trinajstić information content (AvgIpc) is 3.24. The van der Waals surface area contributed by atoms with Gasteiger partial charge in [0.1, 0.15) is 5.01 Å². The lowest BCUT2D eigenvalue weighted by Crippen LogP contribution is -1.95. The zero-order chi connectivity index (χ0) is 18.8. The molecule has 0 spiro atoms. The van der Waals surface area contributed by atoms with E-state index in [4.69, 9.17) is 16.6 Å². The smallest absolute Gasteiger partial charge is 0.191 e. The van der Waals surface area contributed by atoms with E-state index in [0.717, 1.165) is 42.9 Å². The number of thioether (sulfide) groups is 1. The van der Waals surface area contributed by atoms with Crippen LogP contribution in [0.1, 0.15) is 11.3 Å². The van der Waals surface area contributed by atoms with E-state index >= 15 is 0 Å². The van der Waals surface area contributed by atoms with Gasteiger partial charge in [0.15, 0.2) is 11.0 Å². The Kier molecular flexibility index (Phi) is 5.29. The lowest BCUT2D eigenvalue weighted by Gasteiger charge is -2.03. The maximum Gasteiger partial charge on any atom is 0.191 e. The number of nitrogens with zero attached hydrogens (tertiary/aromatic N) is 4. The number of rotatable bonds is 5. The molecule has 0 N–H and O–H groups in total. The summed E-state index contributed by atoms with van der Waals surface area (Å²) in [5, 5.41) is 11.4. The molecule has 27 heavy (non-hydrogen) atoms. The van der Waals surface area contributed by atoms with Crippen LogP contribution in [-0.4, -0.2) is 19.7 Å². The average molecular weight is 413 g/mol. The predicted molar refractivity (Wildman–Crippen MR) is 113 cm³/mol. The summed E-state index contributed by atoms with van der Waals surface area (Å²) in [7, 11) is 2.00. The van der Waals surface area contributed by atoms with Crippen molar-refractivity contribution >= 4 is 34.7 Å². The van der Waals surface area contributed by atoms with E-state index in [2.05, 4.69) is 22.3 Å². The van der Waals surface area contributed by atoms with Crippen LogP contribution in [0.5, 0.6) is 0 Å². The highest BCUT2D eigenvalue weighted by Crippen LogP contribution is 2.35. The maximum atomic E-state index is 5.95. The minimum Gasteiger partial charge on any atom is -0.304 e. The Morgan fingerprint density at radius 2 is 1.78 bits per heavy atom. The molecule has 0 aliphatic heterocycles. The first-order valence-corrected chi connectivity index (χ1v) is 10.6. The number of hydrogen-bond acceptors (Lipinski definition) is 5. The van der Waals surface area contributed by atoms with Gasteiger partial charge in [0.2, 0.25) is 0 Å². The van der Waals surface area contributed by atoms with Gasteiger partial charge in [0.25, 0.3) is 0 Å². The summed E-state index contributed by atoms with van der Waals surface area (Å²) in [6.07, 6.45) is 0. The van der Waals surface area contributed by atoms with Crippen LogP contribution in [0.2, 0.25) is 5.02 Å². The molecule has 0 atom stereocenters. The van der Waals surface area contributed by atoms with Crippen molar-refractivity contribution in [2.24, 2.45) is 7.05 Å². The SMILES string of the molecule is Cc1nc(-c2ccccc2)sc1-c1nnc(SCc2ccc(Cl)cc2)n1C. The third-order valence-corrected chi connectivity index (χ3v) is 6.68. The van der Waals surface area contributed by atoms with Crippen molar-refractivity contribution < 1.29 is 0 Å². The second-order valence-corrected chi connectivity index (χ2v) is 8.46. The lowest BCUT2D eigenvalue weighted by atomic mass is 10.2. The minimum atomic E-state index is 0.750. The molecular weight excluding hydrogens is 396 g/mol. The minimum absolute atomic E-state index is 0.750. The Labute approximate surface area is 171 Å². The van der Waals surface area contributed by atoms with Crippen molar-refractivity contribution in [3.8, 4) is 21.3 Å². The van der Waals surface area contributed by atoms with Crippen LogP contribution >= 0.6 is 34.7 Å². The lowest BCUT2D eigenvalue weighted by molar-refractivity contribution is 0.794. The highest BCUT2D eigenvalue weighted by molar-refractivity contribution is 7.98. The Morgan fingerprint density at radius 3 is 2.52 bits per heavy atom. The summed E-state index contributed by atoms with van der Waals surface area (Å²) in [5.41, 5.74) is 3.30. The molecule has 0 unspecified atom stereocenters. The molecule has 2 aromatic heterocycles. The van der Waals surface area contributed by atoms with Gasteiger partial charge in [-0.05, 0) is 24.6 Å². The molecule has 2 aromatic carbocycles. The second kappa shape index (κ2) is 7.84. The molecule has 4 nitrogen and oxygen atoms in total. The molecule has 4 aromatic rings. The Balaban J connectivity index is 1.57. The van der Waals surface area contributed by atoms with E-state index < -0.39 is 0 Å². The standard InChI is InChI=1S/C20H17ClN4S2/c1-13-17(27-19(22-13)15-6-4-3-5-7-15)18-23-24-20(25(18)2)26-12-14-8-10-16(21)11-9-14/h3-11H,12H2,1-2H3. The van der Waals surface area contributed by atoms with E-state index in [0.29, 0.717) is 0 Å². The topological polar surface area (TPSA) is 43.6 Å². The van der Waals surface area contributed by atoms with Crippen molar-refractivity contribution in [2.75, 3.05) is 0 Å².